The van der Waals surface area contributed by atoms with E-state index in [1.165, 1.54) is 10.4 Å². The van der Waals surface area contributed by atoms with Crippen molar-refractivity contribution in [2.45, 2.75) is 49.1 Å². The summed E-state index contributed by atoms with van der Waals surface area (Å²) in [5.74, 6) is 1.52. The first kappa shape index (κ1) is 24.4. The van der Waals surface area contributed by atoms with Gasteiger partial charge in [0, 0.05) is 37.0 Å². The first-order valence-corrected chi connectivity index (χ1v) is 13.7. The highest BCUT2D eigenvalue weighted by Crippen LogP contribution is 2.37. The average Bonchev–Trinajstić information content (AvgIpc) is 3.46. The zero-order valence-corrected chi connectivity index (χ0v) is 21.2. The van der Waals surface area contributed by atoms with Crippen molar-refractivity contribution >= 4 is 39.5 Å². The van der Waals surface area contributed by atoms with Crippen LogP contribution in [0.25, 0.3) is 0 Å². The average molecular weight is 534 g/mol. The highest BCUT2D eigenvalue weighted by Gasteiger charge is 2.39. The molecule has 1 fully saturated rings. The molecule has 1 amide bonds. The van der Waals surface area contributed by atoms with Crippen molar-refractivity contribution in [3.05, 3.63) is 75.8 Å². The molecule has 11 heteroatoms. The Balaban J connectivity index is 1.26. The summed E-state index contributed by atoms with van der Waals surface area (Å²) in [4.78, 5) is 13.2. The molecule has 1 N–H and O–H groups in total. The number of nitrogens with one attached hydrogen (secondary N) is 1. The minimum absolute atomic E-state index is 0.0265. The number of hydrogen-bond donors (Lipinski definition) is 1. The summed E-state index contributed by atoms with van der Waals surface area (Å²) >= 11 is 12.1. The molecule has 2 unspecified atom stereocenters. The van der Waals surface area contributed by atoms with Crippen LogP contribution in [0.15, 0.2) is 53.4 Å². The van der Waals surface area contributed by atoms with Crippen molar-refractivity contribution in [2.75, 3.05) is 13.1 Å². The summed E-state index contributed by atoms with van der Waals surface area (Å²) < 4.78 is 29.6. The monoisotopic (exact) mass is 533 g/mol. The molecule has 2 aromatic carbocycles. The van der Waals surface area contributed by atoms with Crippen molar-refractivity contribution in [1.82, 2.24) is 24.4 Å². The van der Waals surface area contributed by atoms with Crippen molar-refractivity contribution in [3.8, 4) is 0 Å². The van der Waals surface area contributed by atoms with Gasteiger partial charge in [0.05, 0.1) is 5.02 Å². The first-order chi connectivity index (χ1) is 16.8. The van der Waals surface area contributed by atoms with Crippen LogP contribution in [0.4, 0.5) is 0 Å². The van der Waals surface area contributed by atoms with Gasteiger partial charge >= 0.3 is 0 Å². The van der Waals surface area contributed by atoms with Crippen molar-refractivity contribution in [3.63, 3.8) is 0 Å². The highest BCUT2D eigenvalue weighted by molar-refractivity contribution is 7.95. The summed E-state index contributed by atoms with van der Waals surface area (Å²) in [7, 11) is -3.67. The summed E-state index contributed by atoms with van der Waals surface area (Å²) in [6.45, 7) is 1.12. The third kappa shape index (κ3) is 4.88. The summed E-state index contributed by atoms with van der Waals surface area (Å²) in [6.07, 6.45) is 2.55. The fourth-order valence-electron chi connectivity index (χ4n) is 4.83. The van der Waals surface area contributed by atoms with E-state index in [0.29, 0.717) is 50.3 Å². The van der Waals surface area contributed by atoms with Crippen LogP contribution < -0.4 is 5.32 Å². The number of fused-ring (bicyclic) bond motifs is 1. The molecule has 1 saturated heterocycles. The molecule has 5 rings (SSSR count). The lowest BCUT2D eigenvalue weighted by Gasteiger charge is -2.33. The minimum atomic E-state index is -3.67. The van der Waals surface area contributed by atoms with E-state index in [-0.39, 0.29) is 27.8 Å². The maximum Gasteiger partial charge on any atom is 0.243 e. The van der Waals surface area contributed by atoms with E-state index in [9.17, 15) is 13.6 Å². The molecule has 0 saturated carbocycles. The second kappa shape index (κ2) is 9.99. The Kier molecular flexibility index (Phi) is 6.96. The molecule has 35 heavy (non-hydrogen) atoms. The number of sulfonamides is 1. The first-order valence-electron chi connectivity index (χ1n) is 11.5. The molecular weight excluding hydrogens is 509 g/mol. The molecule has 3 aromatic rings. The fourth-order valence-corrected chi connectivity index (χ4v) is 6.91. The van der Waals surface area contributed by atoms with Crippen LogP contribution in [0.1, 0.15) is 48.4 Å². The third-order valence-electron chi connectivity index (χ3n) is 6.70. The highest BCUT2D eigenvalue weighted by atomic mass is 35.5. The van der Waals surface area contributed by atoms with E-state index in [1.807, 2.05) is 16.7 Å². The summed E-state index contributed by atoms with van der Waals surface area (Å²) in [5.41, 5.74) is 0.969. The zero-order valence-electron chi connectivity index (χ0n) is 18.9. The van der Waals surface area contributed by atoms with E-state index in [0.717, 1.165) is 17.2 Å². The number of nitrogens with zero attached hydrogens (tertiary/aromatic N) is 4. The summed E-state index contributed by atoms with van der Waals surface area (Å²) in [6, 6.07) is 13.5. The van der Waals surface area contributed by atoms with Crippen molar-refractivity contribution in [2.24, 2.45) is 0 Å². The topological polar surface area (TPSA) is 103 Å². The second-order valence-corrected chi connectivity index (χ2v) is 11.6. The van der Waals surface area contributed by atoms with Crippen LogP contribution in [-0.2, 0) is 32.4 Å². The van der Waals surface area contributed by atoms with Gasteiger partial charge in [0.2, 0.25) is 5.91 Å². The standard InChI is InChI=1S/C24H25Cl2N5O3S/c25-18-7-5-16(6-8-18)15-27-24(32)20-9-10-22-28-29-23(31(20)22)17-11-13-30(14-12-17)35(33,34)21-4-2-1-3-19(21)26/h1-8,17,20H,9-15H2,(H-,27,32,33,34). The molecule has 3 heterocycles. The molecule has 2 aliphatic heterocycles. The van der Waals surface area contributed by atoms with Gasteiger partial charge in [-0.25, -0.2) is 0 Å². The lowest BCUT2D eigenvalue weighted by atomic mass is 9.97. The van der Waals surface area contributed by atoms with Gasteiger partial charge in [-0.2, -0.15) is 0 Å². The number of aryl methyl sites for hydroxylation is 1. The van der Waals surface area contributed by atoms with Crippen molar-refractivity contribution in [1.29, 1.82) is 0 Å². The van der Waals surface area contributed by atoms with E-state index in [1.54, 1.807) is 30.3 Å². The SMILES string of the molecule is O=C(NCc1ccc(Cl)cc1)C1CCc2nnc(C3CCN([S+](=O)([O-])c4ccccc4Cl)CC3)n21. The molecule has 184 valence electrons. The van der Waals surface area contributed by atoms with E-state index in [4.69, 9.17) is 23.2 Å². The van der Waals surface area contributed by atoms with Crippen LogP contribution in [0.3, 0.4) is 0 Å². The van der Waals surface area contributed by atoms with Gasteiger partial charge in [0.1, 0.15) is 17.7 Å². The third-order valence-corrected chi connectivity index (χ3v) is 9.35. The lowest BCUT2D eigenvalue weighted by molar-refractivity contribution is -0.124. The Hall–Kier alpha value is -2.30. The van der Waals surface area contributed by atoms with Crippen LogP contribution in [-0.4, -0.2) is 42.6 Å². The molecule has 0 bridgehead atoms. The lowest BCUT2D eigenvalue weighted by Crippen LogP contribution is -2.42. The number of rotatable bonds is 6. The Morgan fingerprint density at radius 1 is 1.06 bits per heavy atom. The number of benzene rings is 2. The fraction of sp³-hybridized carbons (Fsp3) is 0.375. The molecule has 0 radical (unpaired) electrons. The number of hydrogen-bond acceptors (Lipinski definition) is 5. The largest absolute Gasteiger partial charge is 0.593 e. The van der Waals surface area contributed by atoms with Gasteiger partial charge in [-0.1, -0.05) is 51.7 Å². The molecule has 1 aromatic heterocycles. The maximum atomic E-state index is 13.1. The Bertz CT molecular complexity index is 1270. The molecule has 8 nitrogen and oxygen atoms in total. The summed E-state index contributed by atoms with van der Waals surface area (Å²) in [5, 5.41) is 12.6. The Morgan fingerprint density at radius 2 is 1.77 bits per heavy atom. The Morgan fingerprint density at radius 3 is 2.49 bits per heavy atom. The van der Waals surface area contributed by atoms with Gasteiger partial charge < -0.3 is 14.4 Å². The quantitative estimate of drug-likeness (QED) is 0.479. The van der Waals surface area contributed by atoms with Crippen LogP contribution in [0.5, 0.6) is 0 Å². The van der Waals surface area contributed by atoms with Gasteiger partial charge in [-0.15, -0.1) is 14.5 Å². The van der Waals surface area contributed by atoms with E-state index < -0.39 is 10.4 Å². The number of aromatic nitrogens is 3. The Labute approximate surface area is 215 Å². The molecule has 0 aliphatic carbocycles. The van der Waals surface area contributed by atoms with Gasteiger partial charge in [-0.3, -0.25) is 4.79 Å². The molecule has 0 spiro atoms. The second-order valence-electron chi connectivity index (χ2n) is 8.85. The molecule has 2 aliphatic rings. The minimum Gasteiger partial charge on any atom is -0.593 e. The van der Waals surface area contributed by atoms with Gasteiger partial charge in [-0.05, 0) is 49.1 Å². The van der Waals surface area contributed by atoms with E-state index >= 15 is 0 Å². The van der Waals surface area contributed by atoms with Crippen LogP contribution >= 0.6 is 23.2 Å². The van der Waals surface area contributed by atoms with Crippen molar-refractivity contribution < 1.29 is 13.6 Å². The zero-order chi connectivity index (χ0) is 24.6. The number of carbonyl (C=O) groups is 1. The number of halogens is 2. The normalized spacial score (nSPS) is 20.4. The number of amides is 1. The van der Waals surface area contributed by atoms with Crippen LogP contribution in [0.2, 0.25) is 10.0 Å². The van der Waals surface area contributed by atoms with Gasteiger partial charge in [0.25, 0.3) is 0 Å². The van der Waals surface area contributed by atoms with Gasteiger partial charge in [0.15, 0.2) is 15.3 Å². The van der Waals surface area contributed by atoms with E-state index in [2.05, 4.69) is 15.5 Å². The smallest absolute Gasteiger partial charge is 0.243 e. The number of carbonyl (C=O) groups excluding carboxylic acids is 1. The van der Waals surface area contributed by atoms with Crippen LogP contribution in [0, 0.1) is 0 Å². The predicted molar refractivity (Wildman–Crippen MR) is 133 cm³/mol. The molecular formula is C24H25Cl2N5O3S. The predicted octanol–water partition coefficient (Wildman–Crippen LogP) is 4.17. The molecule has 2 atom stereocenters. The maximum absolute atomic E-state index is 13.1. The number of piperidine rings is 1.